The Morgan fingerprint density at radius 2 is 1.54 bits per heavy atom. The molecule has 194 valence electrons. The molecule has 6 nitrogen and oxygen atoms in total. The summed E-state index contributed by atoms with van der Waals surface area (Å²) in [5, 5.41) is 17.7. The summed E-state index contributed by atoms with van der Waals surface area (Å²) in [6, 6.07) is 11.1. The Morgan fingerprint density at radius 3 is 2.08 bits per heavy atom. The highest BCUT2D eigenvalue weighted by atomic mass is 19.1. The van der Waals surface area contributed by atoms with Crippen LogP contribution in [0.25, 0.3) is 11.1 Å². The van der Waals surface area contributed by atoms with Crippen LogP contribution in [0.5, 0.6) is 0 Å². The lowest BCUT2D eigenvalue weighted by Crippen LogP contribution is -2.65. The second-order valence-corrected chi connectivity index (χ2v) is 9.59. The molecule has 2 bridgehead atoms. The van der Waals surface area contributed by atoms with Gasteiger partial charge in [0.2, 0.25) is 0 Å². The number of nitrogens with one attached hydrogen (secondary N) is 2. The number of nitrogens with two attached hydrogens (primary N) is 1. The van der Waals surface area contributed by atoms with E-state index in [0.717, 1.165) is 18.2 Å². The number of aliphatic hydroxyl groups is 1. The number of urea groups is 1. The van der Waals surface area contributed by atoms with E-state index in [1.807, 2.05) is 0 Å². The van der Waals surface area contributed by atoms with Crippen LogP contribution in [-0.2, 0) is 12.1 Å². The summed E-state index contributed by atoms with van der Waals surface area (Å²) in [5.74, 6) is -3.82. The smallest absolute Gasteiger partial charge is 0.321 e. The van der Waals surface area contributed by atoms with Crippen molar-refractivity contribution in [2.45, 2.75) is 12.1 Å². The highest BCUT2D eigenvalue weighted by Gasteiger charge is 2.52. The average Bonchev–Trinajstić information content (AvgIpc) is 2.83. The Bertz CT molecular complexity index is 1280. The summed E-state index contributed by atoms with van der Waals surface area (Å²) in [6.07, 6.45) is 0. The normalized spacial score (nSPS) is 23.1. The van der Waals surface area contributed by atoms with Crippen molar-refractivity contribution in [3.05, 3.63) is 89.0 Å². The topological polar surface area (TPSA) is 90.6 Å². The molecule has 5 N–H and O–H groups in total. The van der Waals surface area contributed by atoms with Crippen molar-refractivity contribution in [3.63, 3.8) is 0 Å². The van der Waals surface area contributed by atoms with Gasteiger partial charge < -0.3 is 26.4 Å². The average molecular weight is 515 g/mol. The highest BCUT2D eigenvalue weighted by molar-refractivity contribution is 5.89. The van der Waals surface area contributed by atoms with Crippen molar-refractivity contribution < 1.29 is 27.5 Å². The van der Waals surface area contributed by atoms with E-state index in [1.54, 1.807) is 24.3 Å². The molecule has 0 saturated carbocycles. The number of carbonyl (C=O) groups excluding carboxylic acids is 1. The molecule has 2 amide bonds. The Labute approximate surface area is 211 Å². The van der Waals surface area contributed by atoms with Crippen LogP contribution < -0.4 is 16.4 Å². The minimum absolute atomic E-state index is 0.00108. The van der Waals surface area contributed by atoms with E-state index in [0.29, 0.717) is 29.8 Å². The van der Waals surface area contributed by atoms with Crippen molar-refractivity contribution in [3.8, 4) is 11.1 Å². The van der Waals surface area contributed by atoms with E-state index in [2.05, 4.69) is 10.6 Å². The zero-order valence-corrected chi connectivity index (χ0v) is 19.8. The van der Waals surface area contributed by atoms with Crippen LogP contribution in [0.1, 0.15) is 11.1 Å². The molecular weight excluding hydrogens is 488 g/mol. The van der Waals surface area contributed by atoms with Gasteiger partial charge in [-0.15, -0.1) is 0 Å². The molecule has 5 rings (SSSR count). The molecule has 10 heteroatoms. The maximum atomic E-state index is 14.6. The van der Waals surface area contributed by atoms with Gasteiger partial charge in [0.25, 0.3) is 0 Å². The molecule has 2 heterocycles. The van der Waals surface area contributed by atoms with Crippen molar-refractivity contribution in [1.82, 2.24) is 10.2 Å². The third-order valence-electron chi connectivity index (χ3n) is 7.28. The van der Waals surface area contributed by atoms with Crippen LogP contribution in [0, 0.1) is 35.1 Å². The fourth-order valence-electron chi connectivity index (χ4n) is 5.48. The number of nitrogens with zero attached hydrogens (tertiary/aromatic N) is 1. The first kappa shape index (κ1) is 25.2. The number of piperidine rings is 2. The number of likely N-dealkylation sites (tertiary alicyclic amines) is 1. The van der Waals surface area contributed by atoms with Crippen molar-refractivity contribution >= 4 is 11.7 Å². The van der Waals surface area contributed by atoms with Gasteiger partial charge in [-0.25, -0.2) is 22.4 Å². The van der Waals surface area contributed by atoms with Gasteiger partial charge in [-0.2, -0.15) is 0 Å². The zero-order chi connectivity index (χ0) is 26.3. The minimum atomic E-state index is -1.29. The quantitative estimate of drug-likeness (QED) is 0.397. The molecule has 0 radical (unpaired) electrons. The lowest BCUT2D eigenvalue weighted by atomic mass is 9.67. The van der Waals surface area contributed by atoms with Gasteiger partial charge in [0, 0.05) is 56.3 Å². The molecular formula is C27H26F4N4O2. The largest absolute Gasteiger partial charge is 0.384 e. The van der Waals surface area contributed by atoms with Gasteiger partial charge >= 0.3 is 6.03 Å². The van der Waals surface area contributed by atoms with E-state index in [4.69, 9.17) is 5.73 Å². The third-order valence-corrected chi connectivity index (χ3v) is 7.28. The molecule has 3 aromatic rings. The molecule has 2 aliphatic rings. The van der Waals surface area contributed by atoms with Gasteiger partial charge in [0.05, 0.1) is 5.56 Å². The lowest BCUT2D eigenvalue weighted by molar-refractivity contribution is -0.129. The van der Waals surface area contributed by atoms with Gasteiger partial charge in [-0.05, 0) is 41.0 Å². The molecule has 2 fully saturated rings. The molecule has 0 aromatic heterocycles. The Morgan fingerprint density at radius 1 is 0.973 bits per heavy atom. The SMILES string of the molecule is NCc1cc(F)c(-c2ccc(C3(O)[C@@H]4CNC[C@H]3CN(C(=O)Nc3cc(F)cc(F)c3)C4)cc2)c(F)c1. The van der Waals surface area contributed by atoms with Crippen LogP contribution in [0.15, 0.2) is 54.6 Å². The predicted octanol–water partition coefficient (Wildman–Crippen LogP) is 3.94. The van der Waals surface area contributed by atoms with Gasteiger partial charge in [-0.3, -0.25) is 0 Å². The summed E-state index contributed by atoms with van der Waals surface area (Å²) in [4.78, 5) is 14.4. The Hall–Kier alpha value is -3.47. The molecule has 37 heavy (non-hydrogen) atoms. The first-order valence-corrected chi connectivity index (χ1v) is 11.9. The van der Waals surface area contributed by atoms with E-state index in [9.17, 15) is 27.5 Å². The molecule has 2 saturated heterocycles. The summed E-state index contributed by atoms with van der Waals surface area (Å²) >= 11 is 0. The monoisotopic (exact) mass is 514 g/mol. The van der Waals surface area contributed by atoms with E-state index < -0.39 is 46.7 Å². The van der Waals surface area contributed by atoms with Crippen molar-refractivity contribution in [2.24, 2.45) is 17.6 Å². The fourth-order valence-corrected chi connectivity index (χ4v) is 5.48. The number of anilines is 1. The number of hydrogen-bond acceptors (Lipinski definition) is 4. The van der Waals surface area contributed by atoms with Crippen LogP contribution in [0.4, 0.5) is 28.0 Å². The number of carbonyl (C=O) groups is 1. The summed E-state index contributed by atoms with van der Waals surface area (Å²) in [5.41, 5.74) is 5.30. The summed E-state index contributed by atoms with van der Waals surface area (Å²) < 4.78 is 56.2. The number of halogens is 4. The highest BCUT2D eigenvalue weighted by Crippen LogP contribution is 2.44. The van der Waals surface area contributed by atoms with E-state index in [-0.39, 0.29) is 30.9 Å². The summed E-state index contributed by atoms with van der Waals surface area (Å²) in [7, 11) is 0. The van der Waals surface area contributed by atoms with Crippen LogP contribution in [0.2, 0.25) is 0 Å². The third kappa shape index (κ3) is 4.68. The van der Waals surface area contributed by atoms with Crippen LogP contribution >= 0.6 is 0 Å². The first-order valence-electron chi connectivity index (χ1n) is 11.9. The summed E-state index contributed by atoms with van der Waals surface area (Å²) in [6.45, 7) is 1.25. The molecule has 0 spiro atoms. The predicted molar refractivity (Wildman–Crippen MR) is 130 cm³/mol. The number of benzene rings is 3. The number of rotatable bonds is 4. The maximum Gasteiger partial charge on any atom is 0.321 e. The molecule has 0 aliphatic carbocycles. The van der Waals surface area contributed by atoms with E-state index in [1.165, 1.54) is 17.0 Å². The lowest BCUT2D eigenvalue weighted by Gasteiger charge is -2.53. The second-order valence-electron chi connectivity index (χ2n) is 9.59. The second kappa shape index (κ2) is 9.77. The molecule has 2 aliphatic heterocycles. The fraction of sp³-hybridized carbons (Fsp3) is 0.296. The van der Waals surface area contributed by atoms with Gasteiger partial charge in [0.1, 0.15) is 28.9 Å². The van der Waals surface area contributed by atoms with Gasteiger partial charge in [0.15, 0.2) is 0 Å². The van der Waals surface area contributed by atoms with Crippen LogP contribution in [-0.4, -0.2) is 42.2 Å². The molecule has 3 aromatic carbocycles. The minimum Gasteiger partial charge on any atom is -0.384 e. The standard InChI is InChI=1S/C27H26F4N4O2/c28-20-7-21(29)9-22(8-20)34-26(36)35-13-18-11-33-12-19(14-35)27(18,37)17-3-1-16(2-4-17)25-23(30)5-15(10-32)6-24(25)31/h1-9,18-19,33,37H,10-14,32H2,(H,34,36)/t18-,19+,27?. The zero-order valence-electron chi connectivity index (χ0n) is 19.8. The molecule has 1 unspecified atom stereocenters. The molecule has 3 atom stereocenters. The van der Waals surface area contributed by atoms with Crippen molar-refractivity contribution in [1.29, 1.82) is 0 Å². The maximum absolute atomic E-state index is 14.6. The Balaban J connectivity index is 1.37. The van der Waals surface area contributed by atoms with Crippen molar-refractivity contribution in [2.75, 3.05) is 31.5 Å². The van der Waals surface area contributed by atoms with Gasteiger partial charge in [-0.1, -0.05) is 24.3 Å². The first-order chi connectivity index (χ1) is 17.7. The number of amides is 2. The number of hydrogen-bond donors (Lipinski definition) is 4. The van der Waals surface area contributed by atoms with E-state index >= 15 is 0 Å². The Kier molecular flexibility index (Phi) is 6.65. The van der Waals surface area contributed by atoms with Crippen LogP contribution in [0.3, 0.4) is 0 Å². The number of fused-ring (bicyclic) bond motifs is 2.